The van der Waals surface area contributed by atoms with E-state index in [1.54, 1.807) is 6.20 Å². The van der Waals surface area contributed by atoms with Crippen molar-refractivity contribution >= 4 is 11.7 Å². The first kappa shape index (κ1) is 11.1. The topological polar surface area (TPSA) is 67.0 Å². The second-order valence-electron chi connectivity index (χ2n) is 4.00. The molecule has 1 aliphatic rings. The van der Waals surface area contributed by atoms with Gasteiger partial charge in [0.15, 0.2) is 0 Å². The fourth-order valence-corrected chi connectivity index (χ4v) is 1.87. The zero-order valence-electron chi connectivity index (χ0n) is 9.45. The van der Waals surface area contributed by atoms with Gasteiger partial charge in [-0.3, -0.25) is 9.89 Å². The van der Waals surface area contributed by atoms with Gasteiger partial charge in [-0.25, -0.2) is 0 Å². The van der Waals surface area contributed by atoms with Crippen molar-refractivity contribution < 1.29 is 9.53 Å². The predicted molar refractivity (Wildman–Crippen MR) is 60.1 cm³/mol. The van der Waals surface area contributed by atoms with Crippen molar-refractivity contribution in [2.75, 3.05) is 18.5 Å². The average Bonchev–Trinajstić information content (AvgIpc) is 2.77. The Labute approximate surface area is 94.6 Å². The summed E-state index contributed by atoms with van der Waals surface area (Å²) in [6.07, 6.45) is 4.22. The molecule has 2 heterocycles. The summed E-state index contributed by atoms with van der Waals surface area (Å²) in [7, 11) is 0. The third-order valence-electron chi connectivity index (χ3n) is 2.94. The van der Waals surface area contributed by atoms with Crippen molar-refractivity contribution in [2.45, 2.75) is 26.2 Å². The van der Waals surface area contributed by atoms with Gasteiger partial charge >= 0.3 is 0 Å². The van der Waals surface area contributed by atoms with Crippen molar-refractivity contribution in [3.05, 3.63) is 11.8 Å². The number of H-pyrrole nitrogens is 1. The van der Waals surface area contributed by atoms with Crippen LogP contribution in [0.3, 0.4) is 0 Å². The SMILES string of the molecule is CCc1cn[nH]c1NC(=O)C1CCOCC1. The number of ether oxygens (including phenoxy) is 1. The van der Waals surface area contributed by atoms with Crippen LogP contribution in [0.25, 0.3) is 0 Å². The number of aromatic nitrogens is 2. The van der Waals surface area contributed by atoms with Crippen molar-refractivity contribution in [1.29, 1.82) is 0 Å². The number of carbonyl (C=O) groups is 1. The molecule has 1 amide bonds. The second-order valence-corrected chi connectivity index (χ2v) is 4.00. The highest BCUT2D eigenvalue weighted by atomic mass is 16.5. The molecule has 5 heteroatoms. The van der Waals surface area contributed by atoms with Gasteiger partial charge in [-0.1, -0.05) is 6.92 Å². The lowest BCUT2D eigenvalue weighted by molar-refractivity contribution is -0.122. The number of hydrogen-bond acceptors (Lipinski definition) is 3. The largest absolute Gasteiger partial charge is 0.381 e. The number of hydrogen-bond donors (Lipinski definition) is 2. The highest BCUT2D eigenvalue weighted by Gasteiger charge is 2.22. The molecule has 0 spiro atoms. The maximum atomic E-state index is 11.9. The third kappa shape index (κ3) is 2.41. The lowest BCUT2D eigenvalue weighted by atomic mass is 9.99. The molecule has 0 saturated carbocycles. The molecule has 0 unspecified atom stereocenters. The van der Waals surface area contributed by atoms with E-state index < -0.39 is 0 Å². The summed E-state index contributed by atoms with van der Waals surface area (Å²) >= 11 is 0. The predicted octanol–water partition coefficient (Wildman–Crippen LogP) is 1.34. The molecule has 0 bridgehead atoms. The summed E-state index contributed by atoms with van der Waals surface area (Å²) in [5.41, 5.74) is 1.04. The fourth-order valence-electron chi connectivity index (χ4n) is 1.87. The van der Waals surface area contributed by atoms with E-state index in [2.05, 4.69) is 15.5 Å². The van der Waals surface area contributed by atoms with Gasteiger partial charge in [0.25, 0.3) is 0 Å². The Bertz CT molecular complexity index is 356. The molecular weight excluding hydrogens is 206 g/mol. The van der Waals surface area contributed by atoms with E-state index in [-0.39, 0.29) is 11.8 Å². The van der Waals surface area contributed by atoms with Crippen LogP contribution in [-0.2, 0) is 16.0 Å². The molecule has 2 rings (SSSR count). The molecule has 1 aliphatic heterocycles. The fraction of sp³-hybridized carbons (Fsp3) is 0.636. The van der Waals surface area contributed by atoms with Crippen molar-refractivity contribution in [1.82, 2.24) is 10.2 Å². The lowest BCUT2D eigenvalue weighted by Crippen LogP contribution is -2.28. The molecule has 0 radical (unpaired) electrons. The number of nitrogens with zero attached hydrogens (tertiary/aromatic N) is 1. The van der Waals surface area contributed by atoms with Crippen LogP contribution in [0, 0.1) is 5.92 Å². The Balaban J connectivity index is 1.95. The van der Waals surface area contributed by atoms with Gasteiger partial charge in [0, 0.05) is 24.7 Å². The van der Waals surface area contributed by atoms with E-state index in [9.17, 15) is 4.79 Å². The molecule has 16 heavy (non-hydrogen) atoms. The number of anilines is 1. The van der Waals surface area contributed by atoms with Gasteiger partial charge in [-0.2, -0.15) is 5.10 Å². The number of carbonyl (C=O) groups excluding carboxylic acids is 1. The minimum Gasteiger partial charge on any atom is -0.381 e. The summed E-state index contributed by atoms with van der Waals surface area (Å²) < 4.78 is 5.23. The average molecular weight is 223 g/mol. The zero-order chi connectivity index (χ0) is 11.4. The van der Waals surface area contributed by atoms with Crippen LogP contribution in [0.1, 0.15) is 25.3 Å². The quantitative estimate of drug-likeness (QED) is 0.812. The van der Waals surface area contributed by atoms with E-state index >= 15 is 0 Å². The lowest BCUT2D eigenvalue weighted by Gasteiger charge is -2.20. The number of rotatable bonds is 3. The summed E-state index contributed by atoms with van der Waals surface area (Å²) in [6, 6.07) is 0. The Morgan fingerprint density at radius 2 is 2.38 bits per heavy atom. The van der Waals surface area contributed by atoms with Gasteiger partial charge in [-0.05, 0) is 19.3 Å². The molecule has 0 atom stereocenters. The Morgan fingerprint density at radius 3 is 3.06 bits per heavy atom. The van der Waals surface area contributed by atoms with Crippen LogP contribution in [-0.4, -0.2) is 29.3 Å². The summed E-state index contributed by atoms with van der Waals surface area (Å²) in [4.78, 5) is 11.9. The molecule has 1 aromatic rings. The molecule has 1 aromatic heterocycles. The van der Waals surface area contributed by atoms with Gasteiger partial charge < -0.3 is 10.1 Å². The van der Waals surface area contributed by atoms with E-state index in [4.69, 9.17) is 4.74 Å². The molecule has 1 fully saturated rings. The van der Waals surface area contributed by atoms with Gasteiger partial charge in [0.1, 0.15) is 5.82 Å². The molecule has 88 valence electrons. The van der Waals surface area contributed by atoms with E-state index in [0.717, 1.165) is 30.6 Å². The maximum absolute atomic E-state index is 11.9. The molecule has 0 aliphatic carbocycles. The van der Waals surface area contributed by atoms with E-state index in [1.165, 1.54) is 0 Å². The number of nitrogens with one attached hydrogen (secondary N) is 2. The molecular formula is C11H17N3O2. The Morgan fingerprint density at radius 1 is 1.62 bits per heavy atom. The Kier molecular flexibility index (Phi) is 3.56. The smallest absolute Gasteiger partial charge is 0.228 e. The minimum absolute atomic E-state index is 0.0711. The van der Waals surface area contributed by atoms with Crippen LogP contribution >= 0.6 is 0 Å². The van der Waals surface area contributed by atoms with E-state index in [0.29, 0.717) is 13.2 Å². The number of aromatic amines is 1. The van der Waals surface area contributed by atoms with E-state index in [1.807, 2.05) is 6.92 Å². The van der Waals surface area contributed by atoms with Crippen LogP contribution in [0.5, 0.6) is 0 Å². The molecule has 0 aromatic carbocycles. The first-order valence-corrected chi connectivity index (χ1v) is 5.72. The maximum Gasteiger partial charge on any atom is 0.228 e. The highest BCUT2D eigenvalue weighted by molar-refractivity contribution is 5.92. The van der Waals surface area contributed by atoms with Gasteiger partial charge in [0.05, 0.1) is 6.20 Å². The number of amides is 1. The highest BCUT2D eigenvalue weighted by Crippen LogP contribution is 2.18. The summed E-state index contributed by atoms with van der Waals surface area (Å²) in [6.45, 7) is 3.40. The second kappa shape index (κ2) is 5.12. The first-order valence-electron chi connectivity index (χ1n) is 5.72. The molecule has 2 N–H and O–H groups in total. The third-order valence-corrected chi connectivity index (χ3v) is 2.94. The Hall–Kier alpha value is -1.36. The summed E-state index contributed by atoms with van der Waals surface area (Å²) in [5.74, 6) is 0.878. The number of aryl methyl sites for hydroxylation is 1. The first-order chi connectivity index (χ1) is 7.81. The van der Waals surface area contributed by atoms with Crippen molar-refractivity contribution in [3.8, 4) is 0 Å². The van der Waals surface area contributed by atoms with Gasteiger partial charge in [0.2, 0.25) is 5.91 Å². The molecule has 5 nitrogen and oxygen atoms in total. The monoisotopic (exact) mass is 223 g/mol. The van der Waals surface area contributed by atoms with Gasteiger partial charge in [-0.15, -0.1) is 0 Å². The molecule has 1 saturated heterocycles. The van der Waals surface area contributed by atoms with Crippen LogP contribution < -0.4 is 5.32 Å². The van der Waals surface area contributed by atoms with Crippen molar-refractivity contribution in [3.63, 3.8) is 0 Å². The normalized spacial score (nSPS) is 17.3. The zero-order valence-corrected chi connectivity index (χ0v) is 9.45. The summed E-state index contributed by atoms with van der Waals surface area (Å²) in [5, 5.41) is 9.64. The minimum atomic E-state index is 0.0711. The van der Waals surface area contributed by atoms with Crippen LogP contribution in [0.4, 0.5) is 5.82 Å². The van der Waals surface area contributed by atoms with Crippen molar-refractivity contribution in [2.24, 2.45) is 5.92 Å². The van der Waals surface area contributed by atoms with Crippen LogP contribution in [0.2, 0.25) is 0 Å². The standard InChI is InChI=1S/C11H17N3O2/c1-2-8-7-12-14-10(8)13-11(15)9-3-5-16-6-4-9/h7,9H,2-6H2,1H3,(H2,12,13,14,15). The van der Waals surface area contributed by atoms with Crippen LogP contribution in [0.15, 0.2) is 6.20 Å².